The molecule has 8 heteroatoms. The van der Waals surface area contributed by atoms with E-state index >= 15 is 0 Å². The lowest BCUT2D eigenvalue weighted by molar-refractivity contribution is -0.164. The van der Waals surface area contributed by atoms with E-state index in [9.17, 15) is 13.2 Å². The molecule has 0 bridgehead atoms. The molecule has 0 aromatic heterocycles. The molecular formula is C15H27NO6S. The van der Waals surface area contributed by atoms with Crippen molar-refractivity contribution in [1.29, 1.82) is 5.26 Å². The summed E-state index contributed by atoms with van der Waals surface area (Å²) in [5.74, 6) is -1.60. The Morgan fingerprint density at radius 2 is 1.61 bits per heavy atom. The maximum Gasteiger partial charge on any atom is 0.308 e. The zero-order valence-electron chi connectivity index (χ0n) is 13.7. The molecule has 0 saturated heterocycles. The molecule has 0 heterocycles. The topological polar surface area (TPSA) is 114 Å². The van der Waals surface area contributed by atoms with Gasteiger partial charge in [-0.2, -0.15) is 13.7 Å². The van der Waals surface area contributed by atoms with Gasteiger partial charge in [-0.3, -0.25) is 9.35 Å². The van der Waals surface area contributed by atoms with Gasteiger partial charge in [-0.05, 0) is 6.42 Å². The third-order valence-electron chi connectivity index (χ3n) is 3.28. The van der Waals surface area contributed by atoms with Crippen molar-refractivity contribution in [2.45, 2.75) is 77.4 Å². The number of carbonyl (C=O) groups is 1. The summed E-state index contributed by atoms with van der Waals surface area (Å²) in [6, 6.07) is 0. The number of hydrogen-bond donors (Lipinski definition) is 1. The number of ether oxygens (including phenoxy) is 2. The first-order chi connectivity index (χ1) is 10.9. The van der Waals surface area contributed by atoms with Crippen LogP contribution in [-0.4, -0.2) is 31.0 Å². The molecule has 0 aromatic rings. The Morgan fingerprint density at radius 1 is 1.09 bits per heavy atom. The normalized spacial score (nSPS) is 12.4. The van der Waals surface area contributed by atoms with Crippen molar-refractivity contribution in [2.75, 3.05) is 5.75 Å². The van der Waals surface area contributed by atoms with Crippen LogP contribution in [0.15, 0.2) is 0 Å². The van der Waals surface area contributed by atoms with Crippen LogP contribution in [0, 0.1) is 11.5 Å². The van der Waals surface area contributed by atoms with Gasteiger partial charge in [0.1, 0.15) is 0 Å². The lowest BCUT2D eigenvalue weighted by Gasteiger charge is -2.13. The van der Waals surface area contributed by atoms with Gasteiger partial charge in [0.15, 0.2) is 5.75 Å². The van der Waals surface area contributed by atoms with Crippen molar-refractivity contribution in [1.82, 2.24) is 0 Å². The Bertz CT molecular complexity index is 457. The third kappa shape index (κ3) is 15.3. The lowest BCUT2D eigenvalue weighted by Crippen LogP contribution is -2.28. The largest absolute Gasteiger partial charge is 0.423 e. The predicted octanol–water partition coefficient (Wildman–Crippen LogP) is 3.16. The molecule has 23 heavy (non-hydrogen) atoms. The molecule has 0 spiro atoms. The van der Waals surface area contributed by atoms with E-state index in [1.54, 1.807) is 0 Å². The van der Waals surface area contributed by atoms with E-state index in [0.717, 1.165) is 19.3 Å². The highest BCUT2D eigenvalue weighted by atomic mass is 32.2. The van der Waals surface area contributed by atoms with Gasteiger partial charge in [0.05, 0.1) is 0 Å². The van der Waals surface area contributed by atoms with E-state index in [1.807, 2.05) is 0 Å². The molecule has 0 aliphatic carbocycles. The smallest absolute Gasteiger partial charge is 0.308 e. The summed E-state index contributed by atoms with van der Waals surface area (Å²) >= 11 is 0. The van der Waals surface area contributed by atoms with Crippen LogP contribution in [0.3, 0.4) is 0 Å². The Morgan fingerprint density at radius 3 is 2.09 bits per heavy atom. The average Bonchev–Trinajstić information content (AvgIpc) is 2.44. The molecule has 1 N–H and O–H groups in total. The highest BCUT2D eigenvalue weighted by molar-refractivity contribution is 7.85. The number of esters is 1. The summed E-state index contributed by atoms with van der Waals surface area (Å²) in [4.78, 5) is 11.5. The van der Waals surface area contributed by atoms with Crippen LogP contribution in [0.5, 0.6) is 0 Å². The molecule has 134 valence electrons. The van der Waals surface area contributed by atoms with Gasteiger partial charge < -0.3 is 9.47 Å². The van der Waals surface area contributed by atoms with Crippen molar-refractivity contribution in [2.24, 2.45) is 0 Å². The fourth-order valence-electron chi connectivity index (χ4n) is 2.11. The summed E-state index contributed by atoms with van der Waals surface area (Å²) in [5.41, 5.74) is 0. The van der Waals surface area contributed by atoms with Gasteiger partial charge in [0.25, 0.3) is 22.7 Å². The molecule has 0 aliphatic heterocycles. The fourth-order valence-corrected chi connectivity index (χ4v) is 2.59. The molecule has 0 aliphatic rings. The first-order valence-corrected chi connectivity index (χ1v) is 9.69. The van der Waals surface area contributed by atoms with Crippen molar-refractivity contribution in [3.63, 3.8) is 0 Å². The van der Waals surface area contributed by atoms with E-state index in [-0.39, 0.29) is 6.42 Å². The number of nitriles is 1. The highest BCUT2D eigenvalue weighted by Crippen LogP contribution is 2.11. The summed E-state index contributed by atoms with van der Waals surface area (Å²) < 4.78 is 39.1. The standard InChI is InChI=1S/C15H27NO6S/c1-2-3-4-5-6-7-8-9-10-11-14(17)22-15(21-13-16)12-23(18,19)20/h15H,2-12H2,1H3,(H,18,19,20). The van der Waals surface area contributed by atoms with Crippen molar-refractivity contribution < 1.29 is 27.2 Å². The van der Waals surface area contributed by atoms with E-state index in [0.29, 0.717) is 6.42 Å². The van der Waals surface area contributed by atoms with Crippen LogP contribution in [-0.2, 0) is 24.4 Å². The maximum atomic E-state index is 11.5. The Labute approximate surface area is 138 Å². The Kier molecular flexibility index (Phi) is 12.4. The van der Waals surface area contributed by atoms with Crippen LogP contribution < -0.4 is 0 Å². The summed E-state index contributed by atoms with van der Waals surface area (Å²) in [6.07, 6.45) is 9.74. The Balaban J connectivity index is 3.74. The number of unbranched alkanes of at least 4 members (excludes halogenated alkanes) is 8. The zero-order valence-corrected chi connectivity index (χ0v) is 14.5. The van der Waals surface area contributed by atoms with Gasteiger partial charge in [-0.15, -0.1) is 0 Å². The van der Waals surface area contributed by atoms with Crippen LogP contribution >= 0.6 is 0 Å². The Hall–Kier alpha value is -1.33. The highest BCUT2D eigenvalue weighted by Gasteiger charge is 2.22. The first kappa shape index (κ1) is 21.7. The maximum absolute atomic E-state index is 11.5. The molecule has 0 rings (SSSR count). The van der Waals surface area contributed by atoms with Crippen molar-refractivity contribution >= 4 is 16.1 Å². The van der Waals surface area contributed by atoms with E-state index in [4.69, 9.17) is 14.6 Å². The van der Waals surface area contributed by atoms with Gasteiger partial charge in [-0.1, -0.05) is 58.3 Å². The van der Waals surface area contributed by atoms with E-state index < -0.39 is 28.1 Å². The first-order valence-electron chi connectivity index (χ1n) is 8.08. The molecule has 1 atom stereocenters. The molecule has 0 fully saturated rings. The van der Waals surface area contributed by atoms with Crippen molar-refractivity contribution in [3.05, 3.63) is 0 Å². The second kappa shape index (κ2) is 13.1. The van der Waals surface area contributed by atoms with Crippen LogP contribution in [0.4, 0.5) is 0 Å². The molecular weight excluding hydrogens is 322 g/mol. The van der Waals surface area contributed by atoms with Crippen LogP contribution in [0.25, 0.3) is 0 Å². The molecule has 0 radical (unpaired) electrons. The second-order valence-corrected chi connectivity index (χ2v) is 6.95. The summed E-state index contributed by atoms with van der Waals surface area (Å²) in [6.45, 7) is 2.18. The number of nitrogens with zero attached hydrogens (tertiary/aromatic N) is 1. The zero-order chi connectivity index (χ0) is 17.6. The monoisotopic (exact) mass is 349 g/mol. The summed E-state index contributed by atoms with van der Waals surface area (Å²) in [7, 11) is -4.39. The van der Waals surface area contributed by atoms with Crippen molar-refractivity contribution in [3.8, 4) is 6.26 Å². The van der Waals surface area contributed by atoms with Crippen LogP contribution in [0.1, 0.15) is 71.1 Å². The minimum absolute atomic E-state index is 0.132. The number of rotatable bonds is 14. The van der Waals surface area contributed by atoms with Crippen LogP contribution in [0.2, 0.25) is 0 Å². The second-order valence-electron chi connectivity index (χ2n) is 5.46. The molecule has 1 unspecified atom stereocenters. The van der Waals surface area contributed by atoms with Gasteiger partial charge in [0, 0.05) is 6.42 Å². The average molecular weight is 349 g/mol. The molecule has 0 saturated carbocycles. The minimum atomic E-state index is -4.39. The van der Waals surface area contributed by atoms with Gasteiger partial charge in [0.2, 0.25) is 0 Å². The molecule has 7 nitrogen and oxygen atoms in total. The van der Waals surface area contributed by atoms with E-state index in [2.05, 4.69) is 11.7 Å². The third-order valence-corrected chi connectivity index (χ3v) is 3.97. The lowest BCUT2D eigenvalue weighted by atomic mass is 10.1. The van der Waals surface area contributed by atoms with Gasteiger partial charge in [-0.25, -0.2) is 0 Å². The fraction of sp³-hybridized carbons (Fsp3) is 0.867. The number of carbonyl (C=O) groups excluding carboxylic acids is 1. The quantitative estimate of drug-likeness (QED) is 0.168. The number of hydrogen-bond acceptors (Lipinski definition) is 6. The minimum Gasteiger partial charge on any atom is -0.423 e. The SMILES string of the molecule is CCCCCCCCCCCC(=O)OC(CS(=O)(=O)O)OC#N. The summed E-state index contributed by atoms with van der Waals surface area (Å²) in [5, 5.41) is 8.36. The van der Waals surface area contributed by atoms with E-state index in [1.165, 1.54) is 38.4 Å². The predicted molar refractivity (Wildman–Crippen MR) is 84.8 cm³/mol. The molecule has 0 amide bonds. The van der Waals surface area contributed by atoms with Gasteiger partial charge >= 0.3 is 5.97 Å². The molecule has 0 aromatic carbocycles.